The molecule has 0 aliphatic carbocycles. The lowest BCUT2D eigenvalue weighted by atomic mass is 10.1. The molecular formula is C78H142N14O36P2. The van der Waals surface area contributed by atoms with E-state index in [4.69, 9.17) is 117 Å². The van der Waals surface area contributed by atoms with Gasteiger partial charge in [0.2, 0.25) is 19.2 Å². The molecule has 130 heavy (non-hydrogen) atoms. The molecule has 52 heteroatoms. The predicted octanol–water partition coefficient (Wildman–Crippen LogP) is 2.34. The van der Waals surface area contributed by atoms with Crippen molar-refractivity contribution >= 4 is 129 Å². The van der Waals surface area contributed by atoms with Gasteiger partial charge in [-0.1, -0.05) is 45.2 Å². The van der Waals surface area contributed by atoms with Crippen LogP contribution in [0, 0.1) is 11.8 Å². The van der Waals surface area contributed by atoms with Gasteiger partial charge in [-0.15, -0.1) is 0 Å². The molecule has 1 rings (SSSR count). The first-order chi connectivity index (χ1) is 60.0. The lowest BCUT2D eigenvalue weighted by molar-refractivity contribution is -0.193. The molecule has 1 aromatic carbocycles. The summed E-state index contributed by atoms with van der Waals surface area (Å²) in [4.78, 5) is 242. The van der Waals surface area contributed by atoms with Gasteiger partial charge in [-0.2, -0.15) is 38.4 Å². The molecule has 0 bridgehead atoms. The molecule has 0 aliphatic rings. The van der Waals surface area contributed by atoms with Crippen molar-refractivity contribution in [1.82, 2.24) is 47.9 Å². The summed E-state index contributed by atoms with van der Waals surface area (Å²) in [5, 5.41) is 105. The monoisotopic (exact) mass is 1910 g/mol. The molecule has 3 unspecified atom stereocenters. The number of aliphatic carboxylic acids is 9. The number of rotatable bonds is 51. The summed E-state index contributed by atoms with van der Waals surface area (Å²) >= 11 is 0. The summed E-state index contributed by atoms with van der Waals surface area (Å²) in [6, 6.07) is 3.93. The van der Waals surface area contributed by atoms with Crippen molar-refractivity contribution in [2.75, 3.05) is 63.1 Å². The first-order valence-electron chi connectivity index (χ1n) is 40.6. The Labute approximate surface area is 755 Å². The van der Waals surface area contributed by atoms with Crippen LogP contribution in [-0.4, -0.2) is 280 Å². The Morgan fingerprint density at radius 3 is 1.05 bits per heavy atom. The van der Waals surface area contributed by atoms with Gasteiger partial charge in [0.15, 0.2) is 0 Å². The molecule has 0 spiro atoms. The summed E-state index contributed by atoms with van der Waals surface area (Å²) in [6.45, 7) is 28.4. The number of anilines is 1. The SMILES string of the molecule is CCCC(CP(=O)(O)CCCN)C(=O)O.CCCC(CP(=O)(O)O)C(=O)O.C[C@@H](CCC(=O)O)NC(=O)C[C@H](N)C(=O)O.C[C@@H](CCC(=O)O)NC(=O)[C@@H](N)CC(=O)O.C[C@H](CCC(=O)O)NC(=O)NCCCCCNC(C)(C)C.C[C@H](CCC(=O)O)NC(=O)NCCN.C[C@H](CCC(=O)O)NC(=O)NCCc1ccc(NC(C)(C)C)cc1.O=C=O.O=C=O.O=C=O.O=C=O. The van der Waals surface area contributed by atoms with Gasteiger partial charge in [-0.3, -0.25) is 61.9 Å². The number of nitrogens with two attached hydrogens (primary N) is 4. The lowest BCUT2D eigenvalue weighted by Crippen LogP contribution is -2.45. The standard InChI is InChI=1S/C18H29N3O3.C15H31N3O3.2C9H16N2O5.C9H20NO4P.C8H17N3O3.C6H13O5P.4CO2/c1-13(5-10-16(22)23)20-17(24)19-12-11-14-6-8-15(9-7-14)21-18(2,3)4;1-12(8-9-13(19)20)18-14(21)16-10-6-5-7-11-17-15(2,3)4;1-5(2-3-8(13)14)11-7(12)4-6(10)9(15)16;1-5(2-3-7(12)13)11-9(16)6(10)4-8(14)15;1-2-4-8(9(11)12)7-15(13,14)6-3-5-10;1-6(2-3-7(12)13)11-8(14)10-5-4-9;1-2-3-5(6(7)8)4-12(9,10)11;4*2-1-3/h6-9,13,21H,5,10-12H2,1-4H3,(H,22,23)(H2,19,20,24);12,17H,5-11H2,1-4H3,(H,19,20)(H2,16,18,21);5-6H,2-4,10H2,1H3,(H,11,12)(H,13,14)(H,15,16);5-6H,2-4,10H2,1H3,(H,11,16)(H,12,13)(H,14,15);8H,2-7,10H2,1H3,(H,11,12)(H,13,14);6H,2-5,9H2,1H3,(H,12,13)(H2,10,11,14);5H,2-4H2,1H3,(H,7,8)(H2,9,10,11);;;;/t13-;12-;2*5-,6-;;6-;;;;;/m1100.1...../s1. The molecule has 0 fully saturated rings. The third-order valence-electron chi connectivity index (χ3n) is 15.4. The van der Waals surface area contributed by atoms with E-state index in [1.54, 1.807) is 41.5 Å². The number of unbranched alkanes of at least 4 members (excludes halogenated alkanes) is 2. The van der Waals surface area contributed by atoms with Crippen LogP contribution in [0.2, 0.25) is 0 Å². The maximum absolute atomic E-state index is 11.7. The second-order valence-electron chi connectivity index (χ2n) is 30.4. The number of nitrogens with one attached hydrogen (secondary N) is 10. The smallest absolute Gasteiger partial charge is 0.373 e. The molecule has 0 saturated heterocycles. The average molecular weight is 1910 g/mol. The van der Waals surface area contributed by atoms with Crippen LogP contribution in [0.4, 0.5) is 20.1 Å². The van der Waals surface area contributed by atoms with Crippen molar-refractivity contribution in [2.24, 2.45) is 34.8 Å². The van der Waals surface area contributed by atoms with Crippen molar-refractivity contribution in [1.29, 1.82) is 0 Å². The molecule has 0 aromatic heterocycles. The van der Waals surface area contributed by atoms with Crippen LogP contribution < -0.4 is 76.1 Å². The van der Waals surface area contributed by atoms with Gasteiger partial charge in [0.1, 0.15) is 6.04 Å². The third kappa shape index (κ3) is 119. The quantitative estimate of drug-likeness (QED) is 0.0329. The van der Waals surface area contributed by atoms with E-state index in [1.807, 2.05) is 31.2 Å². The molecule has 10 atom stereocenters. The summed E-state index contributed by atoms with van der Waals surface area (Å²) in [5.41, 5.74) is 23.3. The molecule has 0 saturated carbocycles. The van der Waals surface area contributed by atoms with Gasteiger partial charge >= 0.3 is 104 Å². The number of hydrogen-bond donors (Lipinski definition) is 26. The molecule has 0 radical (unpaired) electrons. The normalized spacial score (nSPS) is 12.6. The second-order valence-corrected chi connectivity index (χ2v) is 34.6. The molecule has 50 nitrogen and oxygen atoms in total. The van der Waals surface area contributed by atoms with E-state index >= 15 is 0 Å². The van der Waals surface area contributed by atoms with E-state index in [1.165, 1.54) is 0 Å². The average Bonchev–Trinajstić information content (AvgIpc) is 0.885. The van der Waals surface area contributed by atoms with Crippen molar-refractivity contribution in [3.8, 4) is 0 Å². The number of carboxylic acid groups (broad SMARTS) is 9. The highest BCUT2D eigenvalue weighted by Crippen LogP contribution is 2.44. The van der Waals surface area contributed by atoms with Crippen LogP contribution >= 0.6 is 15.0 Å². The van der Waals surface area contributed by atoms with E-state index in [-0.39, 0.29) is 141 Å². The van der Waals surface area contributed by atoms with E-state index in [2.05, 4.69) is 94.7 Å². The fourth-order valence-corrected chi connectivity index (χ4v) is 12.1. The topological polar surface area (TPSA) is 877 Å². The zero-order valence-corrected chi connectivity index (χ0v) is 77.9. The van der Waals surface area contributed by atoms with Crippen LogP contribution in [0.3, 0.4) is 0 Å². The second kappa shape index (κ2) is 87.0. The van der Waals surface area contributed by atoms with Gasteiger partial charge in [-0.25, -0.2) is 14.4 Å². The van der Waals surface area contributed by atoms with Gasteiger partial charge < -0.3 is 137 Å². The molecule has 0 aliphatic heterocycles. The number of carbonyl (C=O) groups excluding carboxylic acids is 13. The third-order valence-corrected chi connectivity index (χ3v) is 18.3. The predicted molar refractivity (Wildman–Crippen MR) is 464 cm³/mol. The van der Waals surface area contributed by atoms with Gasteiger partial charge in [0.05, 0.1) is 36.9 Å². The molecular weight excluding hydrogens is 1770 g/mol. The van der Waals surface area contributed by atoms with Crippen molar-refractivity contribution in [3.63, 3.8) is 0 Å². The van der Waals surface area contributed by atoms with E-state index in [0.717, 1.165) is 43.5 Å². The minimum absolute atomic E-state index is 0.0263. The van der Waals surface area contributed by atoms with Crippen molar-refractivity contribution < 1.29 is 175 Å². The maximum Gasteiger partial charge on any atom is 0.373 e. The lowest BCUT2D eigenvalue weighted by Gasteiger charge is -2.22. The number of carboxylic acids is 9. The highest BCUT2D eigenvalue weighted by molar-refractivity contribution is 7.58. The van der Waals surface area contributed by atoms with E-state index < -0.39 is 117 Å². The highest BCUT2D eigenvalue weighted by atomic mass is 31.2. The Morgan fingerprint density at radius 1 is 0.400 bits per heavy atom. The Balaban J connectivity index is -0.000000159. The summed E-state index contributed by atoms with van der Waals surface area (Å²) < 4.78 is 22.1. The maximum atomic E-state index is 11.7. The van der Waals surface area contributed by atoms with Gasteiger partial charge in [0, 0.05) is 118 Å². The zero-order valence-electron chi connectivity index (χ0n) is 76.1. The van der Waals surface area contributed by atoms with E-state index in [9.17, 15) is 81.1 Å². The zero-order chi connectivity index (χ0) is 103. The summed E-state index contributed by atoms with van der Waals surface area (Å²) in [7, 11) is -7.50. The van der Waals surface area contributed by atoms with Crippen LogP contribution in [0.1, 0.15) is 224 Å². The van der Waals surface area contributed by atoms with Crippen LogP contribution in [0.25, 0.3) is 0 Å². The molecule has 1 aromatic rings. The summed E-state index contributed by atoms with van der Waals surface area (Å²) in [6.07, 6.45) is 7.98. The summed E-state index contributed by atoms with van der Waals surface area (Å²) in [5.74, 6) is -11.7. The van der Waals surface area contributed by atoms with Gasteiger partial charge in [0.25, 0.3) is 0 Å². The first kappa shape index (κ1) is 139. The van der Waals surface area contributed by atoms with E-state index in [0.29, 0.717) is 90.5 Å². The molecule has 30 N–H and O–H groups in total. The van der Waals surface area contributed by atoms with Crippen molar-refractivity contribution in [2.45, 2.75) is 278 Å². The number of urea groups is 3. The van der Waals surface area contributed by atoms with Crippen molar-refractivity contribution in [3.05, 3.63) is 29.8 Å². The number of carbonyl (C=O) groups is 14. The number of amides is 8. The number of hydrogen-bond acceptors (Lipinski definition) is 30. The highest BCUT2D eigenvalue weighted by Gasteiger charge is 2.29. The minimum Gasteiger partial charge on any atom is -0.481 e. The molecule has 8 amide bonds. The largest absolute Gasteiger partial charge is 0.481 e. The Bertz CT molecular complexity index is 3550. The first-order valence-corrected chi connectivity index (χ1v) is 44.4. The Hall–Kier alpha value is -11.3. The fourth-order valence-electron chi connectivity index (χ4n) is 9.27. The Kier molecular flexibility index (Phi) is 93.1. The van der Waals surface area contributed by atoms with Crippen LogP contribution in [-0.2, 0) is 107 Å². The van der Waals surface area contributed by atoms with Crippen LogP contribution in [0.5, 0.6) is 0 Å². The minimum atomic E-state index is -4.19. The Morgan fingerprint density at radius 2 is 0.738 bits per heavy atom. The van der Waals surface area contributed by atoms with Crippen LogP contribution in [0.15, 0.2) is 24.3 Å². The molecule has 0 heterocycles. The van der Waals surface area contributed by atoms with Gasteiger partial charge in [-0.05, 0) is 178 Å². The molecule has 750 valence electrons. The number of benzene rings is 1. The fraction of sp³-hybridized carbons (Fsp3) is 0.692.